The molecular formula is C23H25BrN4O5. The van der Waals surface area contributed by atoms with Gasteiger partial charge in [0.2, 0.25) is 0 Å². The second kappa shape index (κ2) is 12.4. The van der Waals surface area contributed by atoms with Gasteiger partial charge in [0.05, 0.1) is 17.8 Å². The van der Waals surface area contributed by atoms with E-state index >= 15 is 0 Å². The highest BCUT2D eigenvalue weighted by atomic mass is 79.9. The molecule has 0 heterocycles. The Morgan fingerprint density at radius 2 is 1.88 bits per heavy atom. The maximum absolute atomic E-state index is 12.3. The van der Waals surface area contributed by atoms with E-state index in [-0.39, 0.29) is 19.1 Å². The third-order valence-corrected chi connectivity index (χ3v) is 4.97. The van der Waals surface area contributed by atoms with Crippen LogP contribution in [0.5, 0.6) is 11.5 Å². The fraction of sp³-hybridized carbons (Fsp3) is 0.217. The smallest absolute Gasteiger partial charge is 0.329 e. The van der Waals surface area contributed by atoms with Crippen molar-refractivity contribution >= 4 is 45.6 Å². The SMILES string of the molecule is C=CCNC(=O)C(=O)N/N=C\c1cc(Br)c(OCC(=O)Nc2ccc(C)c(C)c2)c(OC)c1. The van der Waals surface area contributed by atoms with Gasteiger partial charge in [-0.1, -0.05) is 12.1 Å². The number of amides is 3. The third-order valence-electron chi connectivity index (χ3n) is 4.38. The van der Waals surface area contributed by atoms with Crippen LogP contribution < -0.4 is 25.5 Å². The van der Waals surface area contributed by atoms with Gasteiger partial charge in [0.15, 0.2) is 18.1 Å². The van der Waals surface area contributed by atoms with Gasteiger partial charge in [-0.25, -0.2) is 5.43 Å². The Hall–Kier alpha value is -3.66. The van der Waals surface area contributed by atoms with Crippen LogP contribution in [0.1, 0.15) is 16.7 Å². The van der Waals surface area contributed by atoms with Gasteiger partial charge in [-0.15, -0.1) is 6.58 Å². The van der Waals surface area contributed by atoms with Crippen molar-refractivity contribution in [2.24, 2.45) is 5.10 Å². The Morgan fingerprint density at radius 1 is 1.12 bits per heavy atom. The standard InChI is InChI=1S/C23H25BrN4O5/c1-5-8-25-22(30)23(31)28-26-12-16-10-18(24)21(19(11-16)32-4)33-13-20(29)27-17-7-6-14(2)15(3)9-17/h5-7,9-12H,1,8,13H2,2-4H3,(H,25,30)(H,27,29)(H,28,31)/b26-12-. The molecule has 2 rings (SSSR count). The van der Waals surface area contributed by atoms with E-state index in [9.17, 15) is 14.4 Å². The minimum atomic E-state index is -0.908. The number of aryl methyl sites for hydroxylation is 2. The molecule has 9 nitrogen and oxygen atoms in total. The molecule has 0 aliphatic carbocycles. The number of nitrogens with zero attached hydrogens (tertiary/aromatic N) is 1. The Kier molecular flexibility index (Phi) is 9.62. The number of ether oxygens (including phenoxy) is 2. The number of methoxy groups -OCH3 is 1. The summed E-state index contributed by atoms with van der Waals surface area (Å²) < 4.78 is 11.5. The molecule has 174 valence electrons. The van der Waals surface area contributed by atoms with Gasteiger partial charge in [-0.2, -0.15) is 5.10 Å². The first-order valence-electron chi connectivity index (χ1n) is 9.84. The first-order chi connectivity index (χ1) is 15.7. The van der Waals surface area contributed by atoms with Crippen LogP contribution in [0.15, 0.2) is 52.6 Å². The van der Waals surface area contributed by atoms with E-state index in [1.807, 2.05) is 32.0 Å². The summed E-state index contributed by atoms with van der Waals surface area (Å²) in [6, 6.07) is 8.91. The van der Waals surface area contributed by atoms with Crippen LogP contribution in [0.4, 0.5) is 5.69 Å². The van der Waals surface area contributed by atoms with Crippen LogP contribution in [0, 0.1) is 13.8 Å². The summed E-state index contributed by atoms with van der Waals surface area (Å²) >= 11 is 3.39. The molecule has 0 aliphatic rings. The maximum Gasteiger partial charge on any atom is 0.329 e. The molecule has 0 unspecified atom stereocenters. The van der Waals surface area contributed by atoms with Gasteiger partial charge >= 0.3 is 11.8 Å². The van der Waals surface area contributed by atoms with Crippen LogP contribution in [-0.2, 0) is 14.4 Å². The molecule has 2 aromatic carbocycles. The minimum Gasteiger partial charge on any atom is -0.493 e. The van der Waals surface area contributed by atoms with Crippen molar-refractivity contribution in [3.63, 3.8) is 0 Å². The Morgan fingerprint density at radius 3 is 2.55 bits per heavy atom. The molecule has 0 aliphatic heterocycles. The number of benzene rings is 2. The minimum absolute atomic E-state index is 0.171. The molecular weight excluding hydrogens is 492 g/mol. The van der Waals surface area contributed by atoms with E-state index in [1.54, 1.807) is 12.1 Å². The Bertz CT molecular complexity index is 1080. The van der Waals surface area contributed by atoms with Crippen LogP contribution >= 0.6 is 15.9 Å². The molecule has 0 spiro atoms. The van der Waals surface area contributed by atoms with Crippen molar-refractivity contribution in [3.8, 4) is 11.5 Å². The molecule has 10 heteroatoms. The zero-order valence-corrected chi connectivity index (χ0v) is 20.1. The highest BCUT2D eigenvalue weighted by Crippen LogP contribution is 2.36. The fourth-order valence-electron chi connectivity index (χ4n) is 2.57. The van der Waals surface area contributed by atoms with Gasteiger partial charge in [0.25, 0.3) is 5.91 Å². The number of halogens is 1. The van der Waals surface area contributed by atoms with Crippen molar-refractivity contribution in [3.05, 3.63) is 64.1 Å². The Balaban J connectivity index is 2.00. The number of hydrogen-bond acceptors (Lipinski definition) is 6. The van der Waals surface area contributed by atoms with Crippen LogP contribution in [0.2, 0.25) is 0 Å². The normalized spacial score (nSPS) is 10.4. The number of hydrogen-bond donors (Lipinski definition) is 3. The van der Waals surface area contributed by atoms with Crippen molar-refractivity contribution in [1.82, 2.24) is 10.7 Å². The van der Waals surface area contributed by atoms with Crippen LogP contribution in [-0.4, -0.2) is 44.2 Å². The summed E-state index contributed by atoms with van der Waals surface area (Å²) in [7, 11) is 1.45. The zero-order chi connectivity index (χ0) is 24.4. The molecule has 0 bridgehead atoms. The molecule has 33 heavy (non-hydrogen) atoms. The molecule has 0 saturated heterocycles. The fourth-order valence-corrected chi connectivity index (χ4v) is 3.14. The van der Waals surface area contributed by atoms with E-state index in [0.717, 1.165) is 11.1 Å². The molecule has 0 atom stereocenters. The van der Waals surface area contributed by atoms with E-state index in [2.05, 4.69) is 43.7 Å². The molecule has 3 N–H and O–H groups in total. The summed E-state index contributed by atoms with van der Waals surface area (Å²) in [4.78, 5) is 35.4. The van der Waals surface area contributed by atoms with Gasteiger partial charge in [-0.05, 0) is 70.7 Å². The van der Waals surface area contributed by atoms with E-state index < -0.39 is 11.8 Å². The lowest BCUT2D eigenvalue weighted by Gasteiger charge is -2.14. The monoisotopic (exact) mass is 516 g/mol. The number of hydrazone groups is 1. The van der Waals surface area contributed by atoms with Crippen molar-refractivity contribution in [2.45, 2.75) is 13.8 Å². The number of carbonyl (C=O) groups excluding carboxylic acids is 3. The van der Waals surface area contributed by atoms with E-state index in [0.29, 0.717) is 27.2 Å². The highest BCUT2D eigenvalue weighted by Gasteiger charge is 2.14. The van der Waals surface area contributed by atoms with E-state index in [4.69, 9.17) is 9.47 Å². The molecule has 0 aromatic heterocycles. The second-order valence-electron chi connectivity index (χ2n) is 6.87. The summed E-state index contributed by atoms with van der Waals surface area (Å²) in [6.45, 7) is 7.35. The number of carbonyl (C=O) groups is 3. The largest absolute Gasteiger partial charge is 0.493 e. The zero-order valence-electron chi connectivity index (χ0n) is 18.5. The van der Waals surface area contributed by atoms with Gasteiger partial charge in [-0.3, -0.25) is 14.4 Å². The lowest BCUT2D eigenvalue weighted by atomic mass is 10.1. The second-order valence-corrected chi connectivity index (χ2v) is 7.72. The predicted octanol–water partition coefficient (Wildman–Crippen LogP) is 2.84. The highest BCUT2D eigenvalue weighted by molar-refractivity contribution is 9.10. The van der Waals surface area contributed by atoms with E-state index in [1.165, 1.54) is 19.4 Å². The third kappa shape index (κ3) is 7.76. The molecule has 0 radical (unpaired) electrons. The average Bonchev–Trinajstić information content (AvgIpc) is 2.78. The summed E-state index contributed by atoms with van der Waals surface area (Å²) in [5, 5.41) is 8.89. The summed E-state index contributed by atoms with van der Waals surface area (Å²) in [5.41, 5.74) is 5.57. The lowest BCUT2D eigenvalue weighted by molar-refractivity contribution is -0.139. The van der Waals surface area contributed by atoms with Crippen molar-refractivity contribution in [2.75, 3.05) is 25.6 Å². The quantitative estimate of drug-likeness (QED) is 0.205. The number of nitrogens with one attached hydrogen (secondary N) is 3. The topological polar surface area (TPSA) is 118 Å². The summed E-state index contributed by atoms with van der Waals surface area (Å²) in [6.07, 6.45) is 2.79. The first kappa shape index (κ1) is 25.6. The predicted molar refractivity (Wildman–Crippen MR) is 130 cm³/mol. The Labute approximate surface area is 200 Å². The maximum atomic E-state index is 12.3. The number of rotatable bonds is 9. The van der Waals surface area contributed by atoms with Gasteiger partial charge < -0.3 is 20.1 Å². The first-order valence-corrected chi connectivity index (χ1v) is 10.6. The van der Waals surface area contributed by atoms with Crippen LogP contribution in [0.25, 0.3) is 0 Å². The average molecular weight is 517 g/mol. The van der Waals surface area contributed by atoms with Gasteiger partial charge in [0.1, 0.15) is 0 Å². The molecule has 0 fully saturated rings. The van der Waals surface area contributed by atoms with Crippen molar-refractivity contribution in [1.29, 1.82) is 0 Å². The molecule has 2 aromatic rings. The number of anilines is 1. The molecule has 3 amide bonds. The summed E-state index contributed by atoms with van der Waals surface area (Å²) in [5.74, 6) is -1.38. The van der Waals surface area contributed by atoms with Gasteiger partial charge in [0, 0.05) is 12.2 Å². The van der Waals surface area contributed by atoms with Crippen molar-refractivity contribution < 1.29 is 23.9 Å². The molecule has 0 saturated carbocycles. The lowest BCUT2D eigenvalue weighted by Crippen LogP contribution is -2.37. The van der Waals surface area contributed by atoms with Crippen LogP contribution in [0.3, 0.4) is 0 Å².